The van der Waals surface area contributed by atoms with Crippen LogP contribution in [0.25, 0.3) is 54.2 Å². The summed E-state index contributed by atoms with van der Waals surface area (Å²) in [5.41, 5.74) is 6.71. The molecule has 3 heterocycles. The lowest BCUT2D eigenvalue weighted by Gasteiger charge is -2.28. The van der Waals surface area contributed by atoms with Crippen LogP contribution in [0.3, 0.4) is 0 Å². The summed E-state index contributed by atoms with van der Waals surface area (Å²) in [6, 6.07) is 21.4. The van der Waals surface area contributed by atoms with E-state index < -0.39 is 17.7 Å². The van der Waals surface area contributed by atoms with E-state index in [1.54, 1.807) is 12.1 Å². The second kappa shape index (κ2) is 10.6. The van der Waals surface area contributed by atoms with Crippen LogP contribution in [0.2, 0.25) is 5.02 Å². The van der Waals surface area contributed by atoms with E-state index in [1.807, 2.05) is 94.2 Å². The van der Waals surface area contributed by atoms with Crippen LogP contribution >= 0.6 is 22.9 Å². The first kappa shape index (κ1) is 28.0. The number of fused-ring (bicyclic) bond motifs is 2. The fraction of sp³-hybridized carbons (Fsp3) is 0.212. The number of carbonyl (C=O) groups is 1. The number of nitrogens with zero attached hydrogens (tertiary/aromatic N) is 4. The Balaban J connectivity index is 1.53. The Labute approximate surface area is 252 Å². The number of aryl methyl sites for hydroxylation is 2. The number of halogens is 1. The van der Waals surface area contributed by atoms with Gasteiger partial charge < -0.3 is 9.84 Å². The Morgan fingerprint density at radius 1 is 1.00 bits per heavy atom. The monoisotopic (exact) mass is 596 g/mol. The molecule has 9 heteroatoms. The van der Waals surface area contributed by atoms with E-state index in [2.05, 4.69) is 11.2 Å². The minimum absolute atomic E-state index is 0.598. The van der Waals surface area contributed by atoms with E-state index in [9.17, 15) is 9.90 Å². The normalized spacial score (nSPS) is 12.7. The molecule has 0 spiro atoms. The number of pyridine rings is 1. The van der Waals surface area contributed by atoms with Crippen molar-refractivity contribution in [3.63, 3.8) is 0 Å². The van der Waals surface area contributed by atoms with Crippen LogP contribution in [0.15, 0.2) is 72.9 Å². The Morgan fingerprint density at radius 2 is 1.71 bits per heavy atom. The number of carboxylic acid groups (broad SMARTS) is 1. The maximum absolute atomic E-state index is 12.6. The smallest absolute Gasteiger partial charge is 0.337 e. The summed E-state index contributed by atoms with van der Waals surface area (Å²) in [4.78, 5) is 22.6. The Hall–Kier alpha value is -4.11. The molecule has 0 aliphatic carbocycles. The molecule has 6 rings (SSSR count). The van der Waals surface area contributed by atoms with Gasteiger partial charge in [-0.05, 0) is 81.3 Å². The first-order valence-electron chi connectivity index (χ1n) is 13.5. The van der Waals surface area contributed by atoms with Crippen LogP contribution < -0.4 is 0 Å². The number of ether oxygens (including phenoxy) is 1. The molecule has 0 fully saturated rings. The Kier molecular flexibility index (Phi) is 7.09. The lowest BCUT2D eigenvalue weighted by Crippen LogP contribution is -2.28. The topological polar surface area (TPSA) is 90.1 Å². The number of rotatable bonds is 6. The maximum atomic E-state index is 12.6. The van der Waals surface area contributed by atoms with Gasteiger partial charge in [-0.2, -0.15) is 5.10 Å². The number of carboxylic acids is 1. The lowest BCUT2D eigenvalue weighted by molar-refractivity contribution is -0.160. The van der Waals surface area contributed by atoms with Gasteiger partial charge in [0.2, 0.25) is 0 Å². The Morgan fingerprint density at radius 3 is 2.43 bits per heavy atom. The van der Waals surface area contributed by atoms with Gasteiger partial charge in [0.1, 0.15) is 5.01 Å². The van der Waals surface area contributed by atoms with Gasteiger partial charge in [0.05, 0.1) is 38.9 Å². The zero-order chi connectivity index (χ0) is 29.8. The third-order valence-corrected chi connectivity index (χ3v) is 8.39. The number of benzene rings is 3. The molecule has 1 atom stereocenters. The molecule has 0 aliphatic rings. The number of thiazole rings is 1. The zero-order valence-corrected chi connectivity index (χ0v) is 25.4. The molecule has 0 bridgehead atoms. The molecule has 0 unspecified atom stereocenters. The van der Waals surface area contributed by atoms with Crippen molar-refractivity contribution < 1.29 is 14.6 Å². The van der Waals surface area contributed by atoms with E-state index in [0.717, 1.165) is 59.8 Å². The van der Waals surface area contributed by atoms with Crippen molar-refractivity contribution >= 4 is 50.0 Å². The minimum atomic E-state index is -1.17. The molecular formula is C33H29ClN4O3S. The van der Waals surface area contributed by atoms with Crippen LogP contribution in [0.4, 0.5) is 0 Å². The van der Waals surface area contributed by atoms with Crippen molar-refractivity contribution in [1.29, 1.82) is 0 Å². The quantitative estimate of drug-likeness (QED) is 0.207. The van der Waals surface area contributed by atoms with Gasteiger partial charge in [-0.3, -0.25) is 4.68 Å². The molecule has 3 aromatic carbocycles. The van der Waals surface area contributed by atoms with Crippen molar-refractivity contribution in [2.45, 2.75) is 39.4 Å². The third kappa shape index (κ3) is 5.29. The number of hydrogen-bond acceptors (Lipinski definition) is 6. The van der Waals surface area contributed by atoms with Gasteiger partial charge >= 0.3 is 5.97 Å². The second-order valence-electron chi connectivity index (χ2n) is 11.3. The largest absolute Gasteiger partial charge is 0.479 e. The first-order valence-corrected chi connectivity index (χ1v) is 14.7. The number of aliphatic carboxylic acids is 1. The maximum Gasteiger partial charge on any atom is 0.337 e. The summed E-state index contributed by atoms with van der Waals surface area (Å²) in [6.07, 6.45) is 0.678. The molecule has 6 aromatic rings. The van der Waals surface area contributed by atoms with E-state index in [-0.39, 0.29) is 0 Å². The van der Waals surface area contributed by atoms with Gasteiger partial charge in [-0.1, -0.05) is 35.9 Å². The lowest BCUT2D eigenvalue weighted by atomic mass is 9.91. The summed E-state index contributed by atoms with van der Waals surface area (Å²) in [5, 5.41) is 17.1. The van der Waals surface area contributed by atoms with E-state index in [1.165, 1.54) is 11.3 Å². The number of aromatic nitrogens is 4. The fourth-order valence-corrected chi connectivity index (χ4v) is 6.41. The molecule has 0 radical (unpaired) electrons. The predicted molar refractivity (Wildman–Crippen MR) is 169 cm³/mol. The molecule has 0 amide bonds. The first-order chi connectivity index (χ1) is 20.0. The van der Waals surface area contributed by atoms with Gasteiger partial charge in [0.25, 0.3) is 0 Å². The van der Waals surface area contributed by atoms with Gasteiger partial charge in [-0.25, -0.2) is 14.8 Å². The van der Waals surface area contributed by atoms with Crippen LogP contribution in [0, 0.1) is 6.92 Å². The molecule has 42 heavy (non-hydrogen) atoms. The highest BCUT2D eigenvalue weighted by Crippen LogP contribution is 2.44. The van der Waals surface area contributed by atoms with Crippen LogP contribution in [0.1, 0.15) is 38.0 Å². The molecule has 212 valence electrons. The number of hydrogen-bond donors (Lipinski definition) is 1. The molecule has 0 aliphatic heterocycles. The summed E-state index contributed by atoms with van der Waals surface area (Å²) in [5.74, 6) is -1.05. The minimum Gasteiger partial charge on any atom is -0.479 e. The summed E-state index contributed by atoms with van der Waals surface area (Å²) in [6.45, 7) is 7.47. The Bertz CT molecular complexity index is 1970. The highest BCUT2D eigenvalue weighted by Gasteiger charge is 2.32. The van der Waals surface area contributed by atoms with E-state index in [4.69, 9.17) is 26.3 Å². The summed E-state index contributed by atoms with van der Waals surface area (Å²) >= 11 is 7.72. The third-order valence-electron chi connectivity index (χ3n) is 7.03. The highest BCUT2D eigenvalue weighted by molar-refractivity contribution is 7.22. The van der Waals surface area contributed by atoms with Crippen molar-refractivity contribution in [1.82, 2.24) is 19.7 Å². The fourth-order valence-electron chi connectivity index (χ4n) is 5.19. The average Bonchev–Trinajstić information content (AvgIpc) is 3.54. The standard InChI is InChI=1S/C33H29ClN4O3S/c1-18-15-25-30(28(19-9-12-22(34)13-10-19)27(18)29(32(39)40)41-33(2,3)4)42-31(37-25)24-8-6-7-23(36-24)20-11-14-26-21(16-20)17-35-38(26)5/h6-17,29H,1-5H3,(H,39,40)/t29-/m0/s1. The van der Waals surface area contributed by atoms with Gasteiger partial charge in [0, 0.05) is 34.1 Å². The van der Waals surface area contributed by atoms with E-state index >= 15 is 0 Å². The van der Waals surface area contributed by atoms with Crippen molar-refractivity contribution in [2.24, 2.45) is 7.05 Å². The van der Waals surface area contributed by atoms with E-state index in [0.29, 0.717) is 10.6 Å². The highest BCUT2D eigenvalue weighted by atomic mass is 35.5. The van der Waals surface area contributed by atoms with Crippen LogP contribution in [0.5, 0.6) is 0 Å². The second-order valence-corrected chi connectivity index (χ2v) is 12.7. The predicted octanol–water partition coefficient (Wildman–Crippen LogP) is 8.48. The van der Waals surface area contributed by atoms with Crippen molar-refractivity contribution in [3.8, 4) is 33.1 Å². The van der Waals surface area contributed by atoms with Crippen LogP contribution in [-0.4, -0.2) is 36.4 Å². The molecular weight excluding hydrogens is 568 g/mol. The SMILES string of the molecule is Cc1cc2nc(-c3cccc(-c4ccc5c(cnn5C)c4)n3)sc2c(-c2ccc(Cl)cc2)c1[C@H](OC(C)(C)C)C(=O)O. The molecule has 3 aromatic heterocycles. The summed E-state index contributed by atoms with van der Waals surface area (Å²) < 4.78 is 8.84. The summed E-state index contributed by atoms with van der Waals surface area (Å²) in [7, 11) is 1.92. The van der Waals surface area contributed by atoms with Crippen molar-refractivity contribution in [2.75, 3.05) is 0 Å². The van der Waals surface area contributed by atoms with Gasteiger partial charge in [0.15, 0.2) is 6.10 Å². The average molecular weight is 597 g/mol. The zero-order valence-electron chi connectivity index (χ0n) is 23.8. The molecule has 1 N–H and O–H groups in total. The molecule has 0 saturated carbocycles. The molecule has 0 saturated heterocycles. The van der Waals surface area contributed by atoms with Gasteiger partial charge in [-0.15, -0.1) is 11.3 Å². The molecule has 7 nitrogen and oxygen atoms in total. The van der Waals surface area contributed by atoms with Crippen LogP contribution in [-0.2, 0) is 16.6 Å². The van der Waals surface area contributed by atoms with Crippen molar-refractivity contribution in [3.05, 3.63) is 89.1 Å².